The van der Waals surface area contributed by atoms with Crippen molar-refractivity contribution in [1.29, 1.82) is 0 Å². The number of aromatic amines is 1. The number of pyridine rings is 1. The molecule has 0 aliphatic carbocycles. The molecule has 4 nitrogen and oxygen atoms in total. The van der Waals surface area contributed by atoms with Crippen LogP contribution in [0.15, 0.2) is 47.3 Å². The summed E-state index contributed by atoms with van der Waals surface area (Å²) in [5.74, 6) is -0.177. The summed E-state index contributed by atoms with van der Waals surface area (Å²) in [4.78, 5) is 14.4. The second-order valence-corrected chi connectivity index (χ2v) is 5.02. The number of alkyl halides is 3. The van der Waals surface area contributed by atoms with Crippen LogP contribution in [0.4, 0.5) is 18.9 Å². The van der Waals surface area contributed by atoms with Crippen LogP contribution in [0.25, 0.3) is 22.0 Å². The highest BCUT2D eigenvalue weighted by atomic mass is 19.4. The minimum atomic E-state index is -4.53. The van der Waals surface area contributed by atoms with Gasteiger partial charge in [-0.3, -0.25) is 4.79 Å². The summed E-state index contributed by atoms with van der Waals surface area (Å²) < 4.78 is 38.9. The molecule has 0 fully saturated rings. The van der Waals surface area contributed by atoms with Gasteiger partial charge in [-0.2, -0.15) is 13.2 Å². The maximum Gasteiger partial charge on any atom is 0.416 e. The summed E-state index contributed by atoms with van der Waals surface area (Å²) in [6.45, 7) is 0. The first-order valence-electron chi connectivity index (χ1n) is 6.60. The molecule has 23 heavy (non-hydrogen) atoms. The standard InChI is InChI=1S/C16H11F3N2O2/c17-16(18,19)8-5-6-11-10(7-8)13(14(20)15(23)21-11)9-3-1-2-4-12(9)22/h1-7,22H,20H2,(H,21,23). The fourth-order valence-electron chi connectivity index (χ4n) is 2.46. The summed E-state index contributed by atoms with van der Waals surface area (Å²) in [5.41, 5.74) is 4.50. The molecule has 1 heterocycles. The number of rotatable bonds is 1. The van der Waals surface area contributed by atoms with Gasteiger partial charge >= 0.3 is 6.18 Å². The minimum Gasteiger partial charge on any atom is -0.507 e. The zero-order valence-electron chi connectivity index (χ0n) is 11.6. The predicted octanol–water partition coefficient (Wildman–Crippen LogP) is 3.50. The van der Waals surface area contributed by atoms with Crippen LogP contribution in [0.3, 0.4) is 0 Å². The smallest absolute Gasteiger partial charge is 0.416 e. The second kappa shape index (κ2) is 5.05. The number of nitrogens with one attached hydrogen (secondary N) is 1. The molecular weight excluding hydrogens is 309 g/mol. The number of hydrogen-bond donors (Lipinski definition) is 3. The van der Waals surface area contributed by atoms with Gasteiger partial charge in [0.2, 0.25) is 0 Å². The molecule has 0 amide bonds. The summed E-state index contributed by atoms with van der Waals surface area (Å²) in [5, 5.41) is 10.1. The number of para-hydroxylation sites is 1. The van der Waals surface area contributed by atoms with Crippen LogP contribution in [0.2, 0.25) is 0 Å². The lowest BCUT2D eigenvalue weighted by Gasteiger charge is -2.13. The minimum absolute atomic E-state index is 0.0768. The number of fused-ring (bicyclic) bond motifs is 1. The molecule has 0 unspecified atom stereocenters. The Morgan fingerprint density at radius 3 is 2.43 bits per heavy atom. The van der Waals surface area contributed by atoms with Crippen LogP contribution >= 0.6 is 0 Å². The number of benzene rings is 2. The molecule has 118 valence electrons. The van der Waals surface area contributed by atoms with E-state index in [1.165, 1.54) is 18.2 Å². The fraction of sp³-hybridized carbons (Fsp3) is 0.0625. The van der Waals surface area contributed by atoms with E-state index in [1.54, 1.807) is 12.1 Å². The Labute approximate surface area is 128 Å². The van der Waals surface area contributed by atoms with Crippen LogP contribution in [0, 0.1) is 0 Å². The number of halogens is 3. The molecule has 0 aliphatic rings. The molecule has 0 radical (unpaired) electrons. The predicted molar refractivity (Wildman–Crippen MR) is 81.1 cm³/mol. The Hall–Kier alpha value is -2.96. The van der Waals surface area contributed by atoms with Crippen LogP contribution in [-0.2, 0) is 6.18 Å². The first-order chi connectivity index (χ1) is 10.8. The maximum absolute atomic E-state index is 13.0. The summed E-state index contributed by atoms with van der Waals surface area (Å²) in [7, 11) is 0. The third-order valence-corrected chi connectivity index (χ3v) is 3.55. The highest BCUT2D eigenvalue weighted by molar-refractivity contribution is 6.01. The Bertz CT molecular complexity index is 962. The van der Waals surface area contributed by atoms with Crippen molar-refractivity contribution in [1.82, 2.24) is 4.98 Å². The van der Waals surface area contributed by atoms with Crippen molar-refractivity contribution in [2.24, 2.45) is 0 Å². The first kappa shape index (κ1) is 15.0. The van der Waals surface area contributed by atoms with E-state index < -0.39 is 17.3 Å². The van der Waals surface area contributed by atoms with E-state index in [9.17, 15) is 23.1 Å². The van der Waals surface area contributed by atoms with Gasteiger partial charge in [0, 0.05) is 22.0 Å². The van der Waals surface area contributed by atoms with Gasteiger partial charge in [-0.25, -0.2) is 0 Å². The molecule has 0 aliphatic heterocycles. The van der Waals surface area contributed by atoms with E-state index in [0.29, 0.717) is 0 Å². The van der Waals surface area contributed by atoms with E-state index >= 15 is 0 Å². The summed E-state index contributed by atoms with van der Waals surface area (Å²) in [6.07, 6.45) is -4.53. The van der Waals surface area contributed by atoms with Crippen molar-refractivity contribution in [2.75, 3.05) is 5.73 Å². The molecule has 4 N–H and O–H groups in total. The fourth-order valence-corrected chi connectivity index (χ4v) is 2.46. The largest absolute Gasteiger partial charge is 0.507 e. The molecule has 7 heteroatoms. The van der Waals surface area contributed by atoms with Crippen LogP contribution in [0.1, 0.15) is 5.56 Å². The van der Waals surface area contributed by atoms with Crippen molar-refractivity contribution in [3.63, 3.8) is 0 Å². The van der Waals surface area contributed by atoms with Gasteiger partial charge in [-0.1, -0.05) is 18.2 Å². The van der Waals surface area contributed by atoms with Gasteiger partial charge < -0.3 is 15.8 Å². The number of phenolic OH excluding ortho intramolecular Hbond substituents is 1. The number of aromatic hydroxyl groups is 1. The normalized spacial score (nSPS) is 11.8. The summed E-state index contributed by atoms with van der Waals surface area (Å²) in [6, 6.07) is 8.96. The zero-order valence-corrected chi connectivity index (χ0v) is 11.6. The molecule has 0 saturated heterocycles. The van der Waals surface area contributed by atoms with Crippen molar-refractivity contribution < 1.29 is 18.3 Å². The number of anilines is 1. The van der Waals surface area contributed by atoms with Crippen molar-refractivity contribution in [2.45, 2.75) is 6.18 Å². The third kappa shape index (κ3) is 2.50. The van der Waals surface area contributed by atoms with Gasteiger partial charge in [0.05, 0.1) is 5.56 Å². The topological polar surface area (TPSA) is 79.1 Å². The van der Waals surface area contributed by atoms with Gasteiger partial charge in [0.1, 0.15) is 11.4 Å². The molecule has 0 bridgehead atoms. The lowest BCUT2D eigenvalue weighted by atomic mass is 9.97. The number of hydrogen-bond acceptors (Lipinski definition) is 3. The monoisotopic (exact) mass is 320 g/mol. The van der Waals surface area contributed by atoms with Gasteiger partial charge in [-0.05, 0) is 24.3 Å². The number of nitrogens with two attached hydrogens (primary N) is 1. The molecule has 2 aromatic carbocycles. The second-order valence-electron chi connectivity index (χ2n) is 5.02. The van der Waals surface area contributed by atoms with Gasteiger partial charge in [0.25, 0.3) is 5.56 Å². The first-order valence-corrected chi connectivity index (χ1v) is 6.60. The van der Waals surface area contributed by atoms with Crippen molar-refractivity contribution in [3.05, 3.63) is 58.4 Å². The molecular formula is C16H11F3N2O2. The number of aromatic nitrogens is 1. The van der Waals surface area contributed by atoms with Gasteiger partial charge in [-0.15, -0.1) is 0 Å². The van der Waals surface area contributed by atoms with Crippen LogP contribution < -0.4 is 11.3 Å². The number of H-pyrrole nitrogens is 1. The van der Waals surface area contributed by atoms with E-state index in [4.69, 9.17) is 5.73 Å². The Kier molecular flexibility index (Phi) is 3.28. The van der Waals surface area contributed by atoms with Gasteiger partial charge in [0.15, 0.2) is 0 Å². The van der Waals surface area contributed by atoms with E-state index in [1.807, 2.05) is 0 Å². The van der Waals surface area contributed by atoms with Crippen LogP contribution in [0.5, 0.6) is 5.75 Å². The van der Waals surface area contributed by atoms with Crippen molar-refractivity contribution >= 4 is 16.6 Å². The van der Waals surface area contributed by atoms with E-state index in [2.05, 4.69) is 4.98 Å². The quantitative estimate of drug-likeness (QED) is 0.642. The summed E-state index contributed by atoms with van der Waals surface area (Å²) >= 11 is 0. The van der Waals surface area contributed by atoms with E-state index in [0.717, 1.165) is 12.1 Å². The zero-order chi connectivity index (χ0) is 16.8. The average Bonchev–Trinajstić information content (AvgIpc) is 2.48. The Morgan fingerprint density at radius 1 is 1.09 bits per heavy atom. The number of phenols is 1. The maximum atomic E-state index is 13.0. The SMILES string of the molecule is Nc1c(-c2ccccc2O)c2cc(C(F)(F)F)ccc2[nH]c1=O. The average molecular weight is 320 g/mol. The Morgan fingerprint density at radius 2 is 1.78 bits per heavy atom. The molecule has 3 aromatic rings. The Balaban J connectivity index is 2.45. The lowest BCUT2D eigenvalue weighted by Crippen LogP contribution is -2.14. The molecule has 0 spiro atoms. The van der Waals surface area contributed by atoms with Crippen molar-refractivity contribution in [3.8, 4) is 16.9 Å². The molecule has 0 saturated carbocycles. The van der Waals surface area contributed by atoms with E-state index in [-0.39, 0.29) is 33.5 Å². The molecule has 3 rings (SSSR count). The molecule has 0 atom stereocenters. The highest BCUT2D eigenvalue weighted by Crippen LogP contribution is 2.38. The number of nitrogen functional groups attached to an aromatic ring is 1. The highest BCUT2D eigenvalue weighted by Gasteiger charge is 2.31. The van der Waals surface area contributed by atoms with Crippen LogP contribution in [-0.4, -0.2) is 10.1 Å². The molecule has 1 aromatic heterocycles. The lowest BCUT2D eigenvalue weighted by molar-refractivity contribution is -0.137. The third-order valence-electron chi connectivity index (χ3n) is 3.55.